The Bertz CT molecular complexity index is 1180. The lowest BCUT2D eigenvalue weighted by Crippen LogP contribution is -2.11. The molecule has 0 atom stereocenters. The Balaban J connectivity index is 1.89. The molecule has 0 spiro atoms. The van der Waals surface area contributed by atoms with Crippen molar-refractivity contribution in [3.05, 3.63) is 81.8 Å². The highest BCUT2D eigenvalue weighted by Gasteiger charge is 2.19. The zero-order valence-corrected chi connectivity index (χ0v) is 18.6. The Kier molecular flexibility index (Phi) is 7.02. The number of nitrogens with zero attached hydrogens (tertiary/aromatic N) is 1. The molecular weight excluding hydrogens is 445 g/mol. The Hall–Kier alpha value is -2.54. The van der Waals surface area contributed by atoms with E-state index in [1.165, 1.54) is 30.3 Å². The summed E-state index contributed by atoms with van der Waals surface area (Å²) in [4.78, 5) is 4.46. The topological polar surface area (TPSA) is 65.0 Å². The van der Waals surface area contributed by atoms with Crippen molar-refractivity contribution in [1.29, 1.82) is 0 Å². The normalized spacial score (nSPS) is 11.6. The first-order chi connectivity index (χ1) is 14.3. The van der Waals surface area contributed by atoms with Crippen LogP contribution in [-0.2, 0) is 10.1 Å². The number of hydrogen-bond donors (Lipinski definition) is 0. The molecule has 0 aliphatic heterocycles. The summed E-state index contributed by atoms with van der Waals surface area (Å²) in [5, 5.41) is 1.03. The van der Waals surface area contributed by atoms with Crippen LogP contribution in [0, 0.1) is 6.92 Å². The van der Waals surface area contributed by atoms with Gasteiger partial charge in [0.25, 0.3) is 0 Å². The van der Waals surface area contributed by atoms with Crippen molar-refractivity contribution in [2.24, 2.45) is 4.99 Å². The second-order valence-corrected chi connectivity index (χ2v) is 8.74. The van der Waals surface area contributed by atoms with Crippen molar-refractivity contribution in [3.8, 4) is 11.5 Å². The monoisotopic (exact) mass is 463 g/mol. The summed E-state index contributed by atoms with van der Waals surface area (Å²) in [6.45, 7) is 4.08. The molecule has 3 rings (SSSR count). The van der Waals surface area contributed by atoms with Crippen LogP contribution in [0.5, 0.6) is 11.5 Å². The molecule has 156 valence electrons. The minimum atomic E-state index is -4.04. The molecule has 0 N–H and O–H groups in total. The van der Waals surface area contributed by atoms with E-state index in [1.54, 1.807) is 37.4 Å². The van der Waals surface area contributed by atoms with E-state index in [-0.39, 0.29) is 10.6 Å². The summed E-state index contributed by atoms with van der Waals surface area (Å²) in [5.74, 6) is 0.379. The maximum atomic E-state index is 12.6. The van der Waals surface area contributed by atoms with E-state index < -0.39 is 10.1 Å². The van der Waals surface area contributed by atoms with Crippen molar-refractivity contribution in [3.63, 3.8) is 0 Å². The average molecular weight is 464 g/mol. The number of halogens is 2. The molecule has 0 amide bonds. The van der Waals surface area contributed by atoms with Crippen LogP contribution < -0.4 is 8.92 Å². The number of ether oxygens (including phenoxy) is 1. The SMILES string of the molecule is CCOc1cc(C=Nc2cc(Cl)ccc2C)ccc1OS(=O)(=O)c1ccc(Cl)cc1. The first kappa shape index (κ1) is 22.2. The number of aliphatic imine (C=N–C) groups is 1. The third kappa shape index (κ3) is 5.53. The van der Waals surface area contributed by atoms with Gasteiger partial charge in [-0.1, -0.05) is 29.3 Å². The van der Waals surface area contributed by atoms with Crippen LogP contribution in [0.25, 0.3) is 0 Å². The molecule has 0 radical (unpaired) electrons. The summed E-state index contributed by atoms with van der Waals surface area (Å²) in [5.41, 5.74) is 2.44. The maximum Gasteiger partial charge on any atom is 0.339 e. The predicted molar refractivity (Wildman–Crippen MR) is 120 cm³/mol. The van der Waals surface area contributed by atoms with Crippen molar-refractivity contribution < 1.29 is 17.3 Å². The standard InChI is InChI=1S/C22H19Cl2NO4S/c1-3-28-22-12-16(14-25-20-13-18(24)6-4-15(20)2)5-11-21(22)29-30(26,27)19-9-7-17(23)8-10-19/h4-14H,3H2,1-2H3. The van der Waals surface area contributed by atoms with Gasteiger partial charge in [0, 0.05) is 16.3 Å². The smallest absolute Gasteiger partial charge is 0.339 e. The van der Waals surface area contributed by atoms with Gasteiger partial charge >= 0.3 is 10.1 Å². The predicted octanol–water partition coefficient (Wildman–Crippen LogP) is 6.22. The van der Waals surface area contributed by atoms with Crippen LogP contribution in [0.1, 0.15) is 18.1 Å². The molecule has 30 heavy (non-hydrogen) atoms. The number of aryl methyl sites for hydroxylation is 1. The molecule has 0 heterocycles. The van der Waals surface area contributed by atoms with E-state index in [0.717, 1.165) is 11.3 Å². The van der Waals surface area contributed by atoms with Crippen LogP contribution in [0.3, 0.4) is 0 Å². The largest absolute Gasteiger partial charge is 0.490 e. The van der Waals surface area contributed by atoms with Gasteiger partial charge in [0.2, 0.25) is 0 Å². The molecular formula is C22H19Cl2NO4S. The molecule has 0 fully saturated rings. The van der Waals surface area contributed by atoms with E-state index in [4.69, 9.17) is 32.1 Å². The first-order valence-electron chi connectivity index (χ1n) is 9.05. The fraction of sp³-hybridized carbons (Fsp3) is 0.136. The van der Waals surface area contributed by atoms with Crippen molar-refractivity contribution in [2.45, 2.75) is 18.7 Å². The van der Waals surface area contributed by atoms with Gasteiger partial charge in [-0.3, -0.25) is 4.99 Å². The lowest BCUT2D eigenvalue weighted by Gasteiger charge is -2.12. The van der Waals surface area contributed by atoms with Gasteiger partial charge in [-0.2, -0.15) is 8.42 Å². The highest BCUT2D eigenvalue weighted by atomic mass is 35.5. The number of benzene rings is 3. The summed E-state index contributed by atoms with van der Waals surface area (Å²) < 4.78 is 36.0. The van der Waals surface area contributed by atoms with Crippen molar-refractivity contribution in [2.75, 3.05) is 6.61 Å². The molecule has 3 aromatic carbocycles. The van der Waals surface area contributed by atoms with Gasteiger partial charge in [-0.05, 0) is 79.6 Å². The van der Waals surface area contributed by atoms with E-state index in [9.17, 15) is 8.42 Å². The van der Waals surface area contributed by atoms with E-state index in [0.29, 0.717) is 28.0 Å². The summed E-state index contributed by atoms with van der Waals surface area (Å²) in [6, 6.07) is 16.1. The average Bonchev–Trinajstić information content (AvgIpc) is 2.71. The van der Waals surface area contributed by atoms with E-state index in [1.807, 2.05) is 13.0 Å². The van der Waals surface area contributed by atoms with Gasteiger partial charge in [0.15, 0.2) is 11.5 Å². The van der Waals surface area contributed by atoms with Gasteiger partial charge in [0.05, 0.1) is 12.3 Å². The van der Waals surface area contributed by atoms with Crippen LogP contribution in [0.15, 0.2) is 70.6 Å². The Morgan fingerprint density at radius 1 is 0.933 bits per heavy atom. The fourth-order valence-electron chi connectivity index (χ4n) is 2.58. The maximum absolute atomic E-state index is 12.6. The molecule has 0 aliphatic rings. The lowest BCUT2D eigenvalue weighted by atomic mass is 10.2. The second-order valence-electron chi connectivity index (χ2n) is 6.32. The third-order valence-electron chi connectivity index (χ3n) is 4.09. The zero-order chi connectivity index (χ0) is 21.7. The Labute approximate surface area is 186 Å². The van der Waals surface area contributed by atoms with Gasteiger partial charge < -0.3 is 8.92 Å². The number of rotatable bonds is 7. The van der Waals surface area contributed by atoms with Crippen molar-refractivity contribution in [1.82, 2.24) is 0 Å². The quantitative estimate of drug-likeness (QED) is 0.308. The molecule has 3 aromatic rings. The minimum Gasteiger partial charge on any atom is -0.490 e. The molecule has 0 saturated carbocycles. The van der Waals surface area contributed by atoms with Gasteiger partial charge in [-0.15, -0.1) is 0 Å². The highest BCUT2D eigenvalue weighted by molar-refractivity contribution is 7.87. The lowest BCUT2D eigenvalue weighted by molar-refractivity contribution is 0.327. The highest BCUT2D eigenvalue weighted by Crippen LogP contribution is 2.31. The fourth-order valence-corrected chi connectivity index (χ4v) is 3.81. The Morgan fingerprint density at radius 3 is 2.33 bits per heavy atom. The van der Waals surface area contributed by atoms with Gasteiger partial charge in [0.1, 0.15) is 4.90 Å². The van der Waals surface area contributed by atoms with Crippen LogP contribution >= 0.6 is 23.2 Å². The minimum absolute atomic E-state index is 0.00332. The molecule has 5 nitrogen and oxygen atoms in total. The summed E-state index contributed by atoms with van der Waals surface area (Å²) in [7, 11) is -4.04. The summed E-state index contributed by atoms with van der Waals surface area (Å²) >= 11 is 11.9. The molecule has 8 heteroatoms. The van der Waals surface area contributed by atoms with E-state index >= 15 is 0 Å². The molecule has 0 aromatic heterocycles. The molecule has 0 unspecified atom stereocenters. The van der Waals surface area contributed by atoms with Crippen LogP contribution in [0.2, 0.25) is 10.0 Å². The molecule has 0 aliphatic carbocycles. The third-order valence-corrected chi connectivity index (χ3v) is 5.83. The van der Waals surface area contributed by atoms with Crippen molar-refractivity contribution >= 4 is 45.2 Å². The number of hydrogen-bond acceptors (Lipinski definition) is 5. The molecule has 0 saturated heterocycles. The zero-order valence-electron chi connectivity index (χ0n) is 16.3. The van der Waals surface area contributed by atoms with E-state index in [2.05, 4.69) is 4.99 Å². The Morgan fingerprint density at radius 2 is 1.63 bits per heavy atom. The molecule has 0 bridgehead atoms. The first-order valence-corrected chi connectivity index (χ1v) is 11.2. The summed E-state index contributed by atoms with van der Waals surface area (Å²) in [6.07, 6.45) is 1.65. The van der Waals surface area contributed by atoms with Crippen LogP contribution in [-0.4, -0.2) is 21.2 Å². The van der Waals surface area contributed by atoms with Crippen LogP contribution in [0.4, 0.5) is 5.69 Å². The van der Waals surface area contributed by atoms with Gasteiger partial charge in [-0.25, -0.2) is 0 Å². The second kappa shape index (κ2) is 9.51.